The van der Waals surface area contributed by atoms with Crippen LogP contribution in [0.1, 0.15) is 25.0 Å². The number of ether oxygens (including phenoxy) is 3. The van der Waals surface area contributed by atoms with E-state index >= 15 is 0 Å². The van der Waals surface area contributed by atoms with Crippen LogP contribution < -0.4 is 9.47 Å². The molecule has 0 bridgehead atoms. The molecule has 1 heterocycles. The SMILES string of the molecule is CCOc1cc(/C=C2/SC(=O)N([C@@H](C)C(=O)OC)C2=O)ccc1OCc1cccc([N+](=O)[O-])c1. The minimum Gasteiger partial charge on any atom is -0.490 e. The second-order valence-corrected chi connectivity index (χ2v) is 8.10. The molecule has 178 valence electrons. The van der Waals surface area contributed by atoms with Crippen molar-refractivity contribution in [3.63, 3.8) is 0 Å². The van der Waals surface area contributed by atoms with Gasteiger partial charge in [0.15, 0.2) is 11.5 Å². The smallest absolute Gasteiger partial charge is 0.328 e. The molecule has 0 N–H and O–H groups in total. The number of methoxy groups -OCH3 is 1. The van der Waals surface area contributed by atoms with Crippen molar-refractivity contribution < 1.29 is 33.5 Å². The minimum absolute atomic E-state index is 0.0306. The van der Waals surface area contributed by atoms with E-state index in [9.17, 15) is 24.5 Å². The molecule has 0 radical (unpaired) electrons. The molecule has 2 aromatic carbocycles. The standard InChI is InChI=1S/C23H22N2O8S/c1-4-32-19-11-15(12-20-21(26)24(23(28)34-20)14(2)22(27)31-3)8-9-18(19)33-13-16-6-5-7-17(10-16)25(29)30/h5-12,14H,4,13H2,1-3H3/b20-12+/t14-/m0/s1. The molecule has 2 amide bonds. The number of non-ortho nitro benzene ring substituents is 1. The van der Waals surface area contributed by atoms with Gasteiger partial charge in [-0.1, -0.05) is 18.2 Å². The second kappa shape index (κ2) is 10.8. The highest BCUT2D eigenvalue weighted by molar-refractivity contribution is 8.18. The van der Waals surface area contributed by atoms with E-state index in [1.807, 2.05) is 0 Å². The van der Waals surface area contributed by atoms with Crippen LogP contribution in [0.4, 0.5) is 10.5 Å². The molecule has 1 aliphatic heterocycles. The molecule has 1 fully saturated rings. The third kappa shape index (κ3) is 5.54. The number of carbonyl (C=O) groups is 3. The van der Waals surface area contributed by atoms with Gasteiger partial charge in [0.1, 0.15) is 12.6 Å². The molecule has 0 unspecified atom stereocenters. The summed E-state index contributed by atoms with van der Waals surface area (Å²) in [4.78, 5) is 48.3. The Balaban J connectivity index is 1.80. The summed E-state index contributed by atoms with van der Waals surface area (Å²) in [6.07, 6.45) is 1.53. The first-order valence-corrected chi connectivity index (χ1v) is 11.0. The molecule has 0 aliphatic carbocycles. The summed E-state index contributed by atoms with van der Waals surface area (Å²) < 4.78 is 16.1. The first kappa shape index (κ1) is 24.8. The van der Waals surface area contributed by atoms with Gasteiger partial charge in [-0.15, -0.1) is 0 Å². The average Bonchev–Trinajstić information content (AvgIpc) is 3.10. The molecule has 0 spiro atoms. The number of amides is 2. The van der Waals surface area contributed by atoms with E-state index in [-0.39, 0.29) is 17.2 Å². The Bertz CT molecular complexity index is 1160. The number of imide groups is 1. The number of nitro benzene ring substituents is 1. The lowest BCUT2D eigenvalue weighted by Crippen LogP contribution is -2.42. The summed E-state index contributed by atoms with van der Waals surface area (Å²) in [6.45, 7) is 3.66. The van der Waals surface area contributed by atoms with E-state index in [1.165, 1.54) is 32.2 Å². The van der Waals surface area contributed by atoms with E-state index in [0.29, 0.717) is 29.2 Å². The summed E-state index contributed by atoms with van der Waals surface area (Å²) in [5.74, 6) is -0.453. The highest BCUT2D eigenvalue weighted by Gasteiger charge is 2.41. The molecule has 1 atom stereocenters. The zero-order valence-corrected chi connectivity index (χ0v) is 19.5. The van der Waals surface area contributed by atoms with Crippen LogP contribution in [0.25, 0.3) is 6.08 Å². The molecular formula is C23H22N2O8S. The van der Waals surface area contributed by atoms with Gasteiger partial charge >= 0.3 is 5.97 Å². The monoisotopic (exact) mass is 486 g/mol. The van der Waals surface area contributed by atoms with Crippen molar-refractivity contribution in [2.24, 2.45) is 0 Å². The first-order valence-electron chi connectivity index (χ1n) is 10.2. The Morgan fingerprint density at radius 2 is 1.94 bits per heavy atom. The fraction of sp³-hybridized carbons (Fsp3) is 0.261. The molecule has 0 saturated carbocycles. The lowest BCUT2D eigenvalue weighted by atomic mass is 10.1. The highest BCUT2D eigenvalue weighted by atomic mass is 32.2. The predicted octanol–water partition coefficient (Wildman–Crippen LogP) is 4.17. The maximum absolute atomic E-state index is 12.7. The van der Waals surface area contributed by atoms with Crippen LogP contribution in [0, 0.1) is 10.1 Å². The maximum atomic E-state index is 12.7. The van der Waals surface area contributed by atoms with Gasteiger partial charge in [0.2, 0.25) is 0 Å². The van der Waals surface area contributed by atoms with Crippen molar-refractivity contribution in [1.29, 1.82) is 0 Å². The van der Waals surface area contributed by atoms with E-state index in [1.54, 1.807) is 37.3 Å². The van der Waals surface area contributed by atoms with Gasteiger partial charge in [-0.2, -0.15) is 0 Å². The summed E-state index contributed by atoms with van der Waals surface area (Å²) in [6, 6.07) is 10.1. The van der Waals surface area contributed by atoms with E-state index < -0.39 is 28.1 Å². The van der Waals surface area contributed by atoms with E-state index in [0.717, 1.165) is 16.7 Å². The normalized spacial score (nSPS) is 15.4. The summed E-state index contributed by atoms with van der Waals surface area (Å²) in [7, 11) is 1.19. The van der Waals surface area contributed by atoms with Gasteiger partial charge < -0.3 is 14.2 Å². The molecule has 1 saturated heterocycles. The van der Waals surface area contributed by atoms with Crippen molar-refractivity contribution in [2.45, 2.75) is 26.5 Å². The molecule has 11 heteroatoms. The van der Waals surface area contributed by atoms with Crippen molar-refractivity contribution in [3.05, 3.63) is 68.6 Å². The van der Waals surface area contributed by atoms with Gasteiger partial charge in [0.05, 0.1) is 23.5 Å². The van der Waals surface area contributed by atoms with Crippen LogP contribution >= 0.6 is 11.8 Å². The quantitative estimate of drug-likeness (QED) is 0.222. The molecule has 0 aromatic heterocycles. The fourth-order valence-corrected chi connectivity index (χ4v) is 4.07. The van der Waals surface area contributed by atoms with Crippen molar-refractivity contribution in [3.8, 4) is 11.5 Å². The fourth-order valence-electron chi connectivity index (χ4n) is 3.16. The van der Waals surface area contributed by atoms with E-state index in [4.69, 9.17) is 9.47 Å². The Labute approximate surface area is 199 Å². The molecule has 2 aromatic rings. The molecular weight excluding hydrogens is 464 g/mol. The van der Waals surface area contributed by atoms with Crippen molar-refractivity contribution >= 4 is 40.6 Å². The largest absolute Gasteiger partial charge is 0.490 e. The number of carbonyl (C=O) groups excluding carboxylic acids is 3. The highest BCUT2D eigenvalue weighted by Crippen LogP contribution is 2.36. The number of nitro groups is 1. The van der Waals surface area contributed by atoms with Crippen LogP contribution in [0.2, 0.25) is 0 Å². The van der Waals surface area contributed by atoms with Crippen LogP contribution in [0.5, 0.6) is 11.5 Å². The van der Waals surface area contributed by atoms with Gasteiger partial charge in [-0.05, 0) is 54.9 Å². The van der Waals surface area contributed by atoms with Crippen LogP contribution in [0.3, 0.4) is 0 Å². The molecule has 34 heavy (non-hydrogen) atoms. The zero-order valence-electron chi connectivity index (χ0n) is 18.7. The predicted molar refractivity (Wildman–Crippen MR) is 124 cm³/mol. The number of hydrogen-bond donors (Lipinski definition) is 0. The number of esters is 1. The third-order valence-corrected chi connectivity index (χ3v) is 5.72. The van der Waals surface area contributed by atoms with Crippen LogP contribution in [0.15, 0.2) is 47.4 Å². The van der Waals surface area contributed by atoms with E-state index in [2.05, 4.69) is 4.74 Å². The van der Waals surface area contributed by atoms with Crippen LogP contribution in [-0.4, -0.2) is 46.7 Å². The summed E-state index contributed by atoms with van der Waals surface area (Å²) in [5.41, 5.74) is 1.17. The molecule has 10 nitrogen and oxygen atoms in total. The number of hydrogen-bond acceptors (Lipinski definition) is 9. The molecule has 1 aliphatic rings. The Morgan fingerprint density at radius 1 is 1.18 bits per heavy atom. The average molecular weight is 487 g/mol. The van der Waals surface area contributed by atoms with Crippen molar-refractivity contribution in [1.82, 2.24) is 4.90 Å². The van der Waals surface area contributed by atoms with Gasteiger partial charge in [-0.3, -0.25) is 24.6 Å². The Kier molecular flexibility index (Phi) is 7.90. The number of thioether (sulfide) groups is 1. The summed E-state index contributed by atoms with van der Waals surface area (Å²) >= 11 is 0.731. The first-order chi connectivity index (χ1) is 16.2. The lowest BCUT2D eigenvalue weighted by molar-refractivity contribution is -0.384. The lowest BCUT2D eigenvalue weighted by Gasteiger charge is -2.18. The number of nitrogens with zero attached hydrogens (tertiary/aromatic N) is 2. The van der Waals surface area contributed by atoms with Crippen molar-refractivity contribution in [2.75, 3.05) is 13.7 Å². The zero-order chi connectivity index (χ0) is 24.8. The van der Waals surface area contributed by atoms with Crippen LogP contribution in [-0.2, 0) is 20.9 Å². The molecule has 3 rings (SSSR count). The topological polar surface area (TPSA) is 125 Å². The summed E-state index contributed by atoms with van der Waals surface area (Å²) in [5, 5.41) is 10.4. The van der Waals surface area contributed by atoms with Gasteiger partial charge in [0.25, 0.3) is 16.8 Å². The Morgan fingerprint density at radius 3 is 2.62 bits per heavy atom. The third-order valence-electron chi connectivity index (χ3n) is 4.83. The Hall–Kier alpha value is -3.86. The number of rotatable bonds is 9. The number of benzene rings is 2. The van der Waals surface area contributed by atoms with Gasteiger partial charge in [-0.25, -0.2) is 4.79 Å². The minimum atomic E-state index is -1.04. The second-order valence-electron chi connectivity index (χ2n) is 7.11. The maximum Gasteiger partial charge on any atom is 0.328 e. The van der Waals surface area contributed by atoms with Gasteiger partial charge in [0, 0.05) is 12.1 Å².